The molecule has 2 saturated heterocycles. The minimum Gasteiger partial charge on any atom is -0.465 e. The number of methoxy groups -OCH3 is 1. The van der Waals surface area contributed by atoms with E-state index in [0.29, 0.717) is 72.2 Å². The van der Waals surface area contributed by atoms with Crippen molar-refractivity contribution in [1.82, 2.24) is 20.0 Å². The predicted octanol–water partition coefficient (Wildman–Crippen LogP) is 6.16. The second-order valence-electron chi connectivity index (χ2n) is 13.1. The highest BCUT2D eigenvalue weighted by Crippen LogP contribution is 2.32. The van der Waals surface area contributed by atoms with E-state index >= 15 is 0 Å². The molecular formula is C37H42Br2N6O5. The summed E-state index contributed by atoms with van der Waals surface area (Å²) in [5.41, 5.74) is 11.1. The molecule has 0 unspecified atom stereocenters. The number of para-hydroxylation sites is 1. The van der Waals surface area contributed by atoms with Gasteiger partial charge >= 0.3 is 18.0 Å². The van der Waals surface area contributed by atoms with E-state index in [4.69, 9.17) is 10.5 Å². The number of nitrogens with two attached hydrogens (primary N) is 1. The van der Waals surface area contributed by atoms with Crippen LogP contribution >= 0.6 is 31.9 Å². The summed E-state index contributed by atoms with van der Waals surface area (Å²) in [5.74, 6) is -0.243. The van der Waals surface area contributed by atoms with Gasteiger partial charge in [0.2, 0.25) is 5.91 Å². The summed E-state index contributed by atoms with van der Waals surface area (Å²) >= 11 is 7.02. The summed E-state index contributed by atoms with van der Waals surface area (Å²) in [7, 11) is 1.36. The number of esters is 1. The van der Waals surface area contributed by atoms with E-state index < -0.39 is 6.04 Å². The number of fused-ring (bicyclic) bond motifs is 1. The van der Waals surface area contributed by atoms with Crippen LogP contribution in [0.5, 0.6) is 0 Å². The van der Waals surface area contributed by atoms with Crippen molar-refractivity contribution in [1.29, 1.82) is 0 Å². The van der Waals surface area contributed by atoms with Gasteiger partial charge in [-0.3, -0.25) is 4.79 Å². The number of piperidine rings is 2. The second-order valence-corrected chi connectivity index (χ2v) is 14.9. The van der Waals surface area contributed by atoms with E-state index in [1.54, 1.807) is 17.0 Å². The number of halogens is 2. The fraction of sp³-hybridized carbons (Fsp3) is 0.405. The molecule has 6 rings (SSSR count). The predicted molar refractivity (Wildman–Crippen MR) is 199 cm³/mol. The number of nitrogens with zero attached hydrogens (tertiary/aromatic N) is 3. The molecular weight excluding hydrogens is 768 g/mol. The van der Waals surface area contributed by atoms with Gasteiger partial charge in [-0.15, -0.1) is 0 Å². The Balaban J connectivity index is 1.09. The van der Waals surface area contributed by atoms with E-state index in [2.05, 4.69) is 42.5 Å². The third kappa shape index (κ3) is 8.10. The maximum atomic E-state index is 14.1. The quantitative estimate of drug-likeness (QED) is 0.193. The molecule has 3 aliphatic heterocycles. The number of amides is 5. The molecule has 11 nitrogen and oxygen atoms in total. The number of nitrogens with one attached hydrogen (secondary N) is 2. The van der Waals surface area contributed by atoms with Gasteiger partial charge in [-0.1, -0.05) is 30.3 Å². The summed E-state index contributed by atoms with van der Waals surface area (Å²) in [5, 5.41) is 6.12. The lowest BCUT2D eigenvalue weighted by molar-refractivity contribution is -0.134. The summed E-state index contributed by atoms with van der Waals surface area (Å²) in [6, 6.07) is 17.9. The zero-order valence-corrected chi connectivity index (χ0v) is 31.2. The number of urea groups is 2. The Kier molecular flexibility index (Phi) is 11.3. The van der Waals surface area contributed by atoms with Crippen LogP contribution in [0.25, 0.3) is 0 Å². The Labute approximate surface area is 309 Å². The van der Waals surface area contributed by atoms with Crippen molar-refractivity contribution in [3.63, 3.8) is 0 Å². The van der Waals surface area contributed by atoms with Crippen LogP contribution < -0.4 is 16.4 Å². The first kappa shape index (κ1) is 35.7. The van der Waals surface area contributed by atoms with E-state index in [1.807, 2.05) is 58.3 Å². The number of ether oxygens (including phenoxy) is 1. The molecule has 50 heavy (non-hydrogen) atoms. The average Bonchev–Trinajstić information content (AvgIpc) is 3.31. The second kappa shape index (κ2) is 15.8. The van der Waals surface area contributed by atoms with Crippen LogP contribution in [0.1, 0.15) is 58.6 Å². The topological polar surface area (TPSA) is 137 Å². The van der Waals surface area contributed by atoms with Crippen molar-refractivity contribution in [3.05, 3.63) is 91.9 Å². The molecule has 3 heterocycles. The Morgan fingerprint density at radius 3 is 2.22 bits per heavy atom. The van der Waals surface area contributed by atoms with Crippen LogP contribution in [-0.4, -0.2) is 90.6 Å². The number of benzene rings is 3. The Bertz CT molecular complexity index is 1720. The number of likely N-dealkylation sites (tertiary alicyclic amines) is 2. The maximum absolute atomic E-state index is 14.1. The zero-order chi connectivity index (χ0) is 35.4. The fourth-order valence-electron chi connectivity index (χ4n) is 7.21. The number of rotatable bonds is 7. The normalized spacial score (nSPS) is 17.7. The van der Waals surface area contributed by atoms with Crippen molar-refractivity contribution in [2.75, 3.05) is 50.9 Å². The molecule has 3 aromatic carbocycles. The molecule has 0 aliphatic carbocycles. The fourth-order valence-corrected chi connectivity index (χ4v) is 8.49. The smallest absolute Gasteiger partial charge is 0.337 e. The summed E-state index contributed by atoms with van der Waals surface area (Å²) < 4.78 is 6.23. The van der Waals surface area contributed by atoms with Crippen LogP contribution in [0.15, 0.2) is 69.6 Å². The van der Waals surface area contributed by atoms with Crippen molar-refractivity contribution < 1.29 is 23.9 Å². The Hall–Kier alpha value is -4.10. The first-order valence-corrected chi connectivity index (χ1v) is 18.6. The number of nitrogen functional groups attached to an aromatic ring is 1. The van der Waals surface area contributed by atoms with Crippen LogP contribution in [0.4, 0.5) is 21.0 Å². The summed E-state index contributed by atoms with van der Waals surface area (Å²) in [4.78, 5) is 58.3. The number of anilines is 2. The van der Waals surface area contributed by atoms with Crippen LogP contribution in [0.2, 0.25) is 0 Å². The van der Waals surface area contributed by atoms with E-state index in [1.165, 1.54) is 7.11 Å². The first-order valence-electron chi connectivity index (χ1n) is 17.0. The molecule has 2 fully saturated rings. The van der Waals surface area contributed by atoms with Crippen molar-refractivity contribution in [2.45, 2.75) is 56.5 Å². The number of carbonyl (C=O) groups excluding carboxylic acids is 4. The zero-order valence-electron chi connectivity index (χ0n) is 28.0. The molecule has 0 saturated carbocycles. The molecule has 0 spiro atoms. The highest BCUT2D eigenvalue weighted by Gasteiger charge is 2.34. The van der Waals surface area contributed by atoms with Gasteiger partial charge in [-0.2, -0.15) is 0 Å². The Morgan fingerprint density at radius 1 is 0.920 bits per heavy atom. The summed E-state index contributed by atoms with van der Waals surface area (Å²) in [6.07, 6.45) is 3.92. The minimum atomic E-state index is -0.784. The van der Waals surface area contributed by atoms with Crippen molar-refractivity contribution in [3.8, 4) is 0 Å². The third-order valence-corrected chi connectivity index (χ3v) is 11.4. The van der Waals surface area contributed by atoms with Gasteiger partial charge in [0.25, 0.3) is 0 Å². The lowest BCUT2D eigenvalue weighted by atomic mass is 9.88. The van der Waals surface area contributed by atoms with Gasteiger partial charge in [-0.05, 0) is 117 Å². The van der Waals surface area contributed by atoms with E-state index in [0.717, 1.165) is 41.6 Å². The van der Waals surface area contributed by atoms with Gasteiger partial charge in [0.1, 0.15) is 6.04 Å². The molecule has 13 heteroatoms. The van der Waals surface area contributed by atoms with Gasteiger partial charge < -0.3 is 35.8 Å². The van der Waals surface area contributed by atoms with Crippen LogP contribution in [-0.2, 0) is 22.4 Å². The molecule has 3 aromatic rings. The molecule has 0 bridgehead atoms. The molecule has 5 amide bonds. The number of carbonyl (C=O) groups is 4. The Morgan fingerprint density at radius 2 is 1.56 bits per heavy atom. The SMILES string of the molecule is COC(=O)c1ccc(C2CCN(C(=O)[C@@H](Cc3cc(Br)c(N)c(Br)c3)NC(=O)N3CCC(N4CCc5ccccc5NC4=O)CC3)CC2)cc1. The summed E-state index contributed by atoms with van der Waals surface area (Å²) in [6.45, 7) is 2.69. The molecule has 3 aliphatic rings. The van der Waals surface area contributed by atoms with Gasteiger partial charge in [0.15, 0.2) is 0 Å². The van der Waals surface area contributed by atoms with Gasteiger partial charge in [0.05, 0.1) is 18.4 Å². The molecule has 264 valence electrons. The monoisotopic (exact) mass is 808 g/mol. The first-order chi connectivity index (χ1) is 24.1. The lowest BCUT2D eigenvalue weighted by Crippen LogP contribution is -2.56. The molecule has 0 aromatic heterocycles. The molecule has 4 N–H and O–H groups in total. The number of hydrogen-bond acceptors (Lipinski definition) is 6. The minimum absolute atomic E-state index is 0.0215. The van der Waals surface area contributed by atoms with Crippen molar-refractivity contribution in [2.24, 2.45) is 0 Å². The van der Waals surface area contributed by atoms with Crippen molar-refractivity contribution >= 4 is 67.2 Å². The van der Waals surface area contributed by atoms with Gasteiger partial charge in [-0.25, -0.2) is 14.4 Å². The number of hydrogen-bond donors (Lipinski definition) is 3. The highest BCUT2D eigenvalue weighted by atomic mass is 79.9. The molecule has 1 atom stereocenters. The maximum Gasteiger partial charge on any atom is 0.337 e. The van der Waals surface area contributed by atoms with Crippen LogP contribution in [0.3, 0.4) is 0 Å². The van der Waals surface area contributed by atoms with E-state index in [9.17, 15) is 19.2 Å². The van der Waals surface area contributed by atoms with Gasteiger partial charge in [0, 0.05) is 59.8 Å². The highest BCUT2D eigenvalue weighted by molar-refractivity contribution is 9.11. The average molecular weight is 811 g/mol. The molecule has 0 radical (unpaired) electrons. The van der Waals surface area contributed by atoms with Crippen LogP contribution in [0, 0.1) is 0 Å². The third-order valence-electron chi connectivity index (χ3n) is 10.1. The lowest BCUT2D eigenvalue weighted by Gasteiger charge is -2.39. The largest absolute Gasteiger partial charge is 0.465 e. The van der Waals surface area contributed by atoms with E-state index in [-0.39, 0.29) is 35.9 Å². The standard InChI is InChI=1S/C37H42Br2N6O5/c1-50-35(47)27-8-6-24(7-9-27)25-10-15-43(16-11-25)34(46)32(22-23-20-29(38)33(40)30(39)21-23)42-36(48)44-17-13-28(14-18-44)45-19-12-26-4-2-3-5-31(26)41-37(45)49/h2-9,20-21,25,28,32H,10-19,22,40H2,1H3,(H,41,49)(H,42,48)/t32-/m1/s1.